The molecule has 0 spiro atoms. The maximum atomic E-state index is 12.8. The number of nitrogens with one attached hydrogen (secondary N) is 1. The van der Waals surface area contributed by atoms with Gasteiger partial charge in [-0.3, -0.25) is 4.79 Å². The molecule has 1 rings (SSSR count). The van der Waals surface area contributed by atoms with Gasteiger partial charge in [-0.15, -0.1) is 11.6 Å². The van der Waals surface area contributed by atoms with E-state index in [9.17, 15) is 9.18 Å². The van der Waals surface area contributed by atoms with E-state index < -0.39 is 5.82 Å². The molecule has 0 heterocycles. The van der Waals surface area contributed by atoms with Gasteiger partial charge in [-0.2, -0.15) is 0 Å². The van der Waals surface area contributed by atoms with Crippen molar-refractivity contribution in [2.75, 3.05) is 5.88 Å². The molecule has 1 N–H and O–H groups in total. The van der Waals surface area contributed by atoms with Crippen LogP contribution < -0.4 is 5.32 Å². The van der Waals surface area contributed by atoms with Gasteiger partial charge in [0.25, 0.3) is 0 Å². The predicted octanol–water partition coefficient (Wildman–Crippen LogP) is 2.72. The number of hydrogen-bond acceptors (Lipinski definition) is 1. The Morgan fingerprint density at radius 1 is 1.47 bits per heavy atom. The summed E-state index contributed by atoms with van der Waals surface area (Å²) in [7, 11) is 0. The van der Waals surface area contributed by atoms with E-state index in [0.29, 0.717) is 6.54 Å². The minimum Gasteiger partial charge on any atom is -0.352 e. The minimum atomic E-state index is -0.465. The lowest BCUT2D eigenvalue weighted by Gasteiger charge is -2.04. The maximum Gasteiger partial charge on any atom is 0.221 e. The van der Waals surface area contributed by atoms with E-state index >= 15 is 0 Å². The lowest BCUT2D eigenvalue weighted by molar-refractivity contribution is -0.120. The van der Waals surface area contributed by atoms with Crippen LogP contribution in [0.2, 0.25) is 5.02 Å². The summed E-state index contributed by atoms with van der Waals surface area (Å²) in [5, 5.41) is 2.70. The number of halogens is 3. The quantitative estimate of drug-likeness (QED) is 0.818. The van der Waals surface area contributed by atoms with Gasteiger partial charge < -0.3 is 5.32 Å². The van der Waals surface area contributed by atoms with Gasteiger partial charge in [0.1, 0.15) is 5.82 Å². The molecule has 82 valence electrons. The zero-order valence-corrected chi connectivity index (χ0v) is 9.41. The van der Waals surface area contributed by atoms with Crippen molar-refractivity contribution in [3.63, 3.8) is 0 Å². The number of alkyl halides is 1. The zero-order chi connectivity index (χ0) is 11.3. The van der Waals surface area contributed by atoms with Crippen molar-refractivity contribution in [1.29, 1.82) is 0 Å². The monoisotopic (exact) mass is 249 g/mol. The first kappa shape index (κ1) is 12.3. The number of carbonyl (C=O) groups excluding carboxylic acids is 1. The van der Waals surface area contributed by atoms with Gasteiger partial charge >= 0.3 is 0 Å². The fourth-order valence-electron chi connectivity index (χ4n) is 1.02. The molecule has 0 saturated heterocycles. The summed E-state index contributed by atoms with van der Waals surface area (Å²) in [5.74, 6) is -0.311. The molecular formula is C10H10Cl2FNO. The Morgan fingerprint density at radius 2 is 2.20 bits per heavy atom. The largest absolute Gasteiger partial charge is 0.352 e. The standard InChI is InChI=1S/C10H10Cl2FNO/c11-4-3-10(15)14-6-7-1-2-9(13)8(12)5-7/h1-2,5H,3-4,6H2,(H,14,15). The van der Waals surface area contributed by atoms with E-state index in [1.807, 2.05) is 0 Å². The summed E-state index contributed by atoms with van der Waals surface area (Å²) in [6, 6.07) is 4.32. The van der Waals surface area contributed by atoms with Crippen LogP contribution in [0, 0.1) is 5.82 Å². The van der Waals surface area contributed by atoms with Gasteiger partial charge in [0, 0.05) is 18.8 Å². The summed E-state index contributed by atoms with van der Waals surface area (Å²) in [5.41, 5.74) is 0.754. The Morgan fingerprint density at radius 3 is 2.80 bits per heavy atom. The second-order valence-electron chi connectivity index (χ2n) is 2.96. The number of rotatable bonds is 4. The van der Waals surface area contributed by atoms with Crippen LogP contribution in [0.15, 0.2) is 18.2 Å². The number of benzene rings is 1. The van der Waals surface area contributed by atoms with Crippen molar-refractivity contribution in [2.24, 2.45) is 0 Å². The first-order valence-corrected chi connectivity index (χ1v) is 5.31. The Hall–Kier alpha value is -0.800. The Labute approximate surface area is 97.4 Å². The fraction of sp³-hybridized carbons (Fsp3) is 0.300. The number of amides is 1. The van der Waals surface area contributed by atoms with Crippen molar-refractivity contribution >= 4 is 29.1 Å². The highest BCUT2D eigenvalue weighted by Gasteiger charge is 2.03. The van der Waals surface area contributed by atoms with Crippen LogP contribution in [-0.4, -0.2) is 11.8 Å². The van der Waals surface area contributed by atoms with E-state index in [2.05, 4.69) is 5.32 Å². The molecule has 0 atom stereocenters. The fourth-order valence-corrected chi connectivity index (χ4v) is 1.40. The van der Waals surface area contributed by atoms with Gasteiger partial charge in [-0.05, 0) is 17.7 Å². The Bertz CT molecular complexity index is 357. The summed E-state index contributed by atoms with van der Waals surface area (Å²) < 4.78 is 12.8. The van der Waals surface area contributed by atoms with E-state index in [1.165, 1.54) is 12.1 Å². The Balaban J connectivity index is 2.51. The molecular weight excluding hydrogens is 240 g/mol. The van der Waals surface area contributed by atoms with Crippen LogP contribution >= 0.6 is 23.2 Å². The van der Waals surface area contributed by atoms with Crippen molar-refractivity contribution in [3.05, 3.63) is 34.6 Å². The molecule has 0 aliphatic carbocycles. The second kappa shape index (κ2) is 5.93. The van der Waals surface area contributed by atoms with Crippen LogP contribution in [0.25, 0.3) is 0 Å². The maximum absolute atomic E-state index is 12.8. The topological polar surface area (TPSA) is 29.1 Å². The first-order valence-electron chi connectivity index (χ1n) is 4.40. The third-order valence-corrected chi connectivity index (χ3v) is 2.27. The van der Waals surface area contributed by atoms with Crippen molar-refractivity contribution < 1.29 is 9.18 Å². The van der Waals surface area contributed by atoms with Crippen molar-refractivity contribution in [2.45, 2.75) is 13.0 Å². The van der Waals surface area contributed by atoms with Crippen LogP contribution in [0.3, 0.4) is 0 Å². The highest BCUT2D eigenvalue weighted by molar-refractivity contribution is 6.30. The summed E-state index contributed by atoms with van der Waals surface area (Å²) in [6.45, 7) is 0.329. The van der Waals surface area contributed by atoms with E-state index in [1.54, 1.807) is 6.07 Å². The Kier molecular flexibility index (Phi) is 4.85. The predicted molar refractivity (Wildman–Crippen MR) is 58.6 cm³/mol. The highest BCUT2D eigenvalue weighted by Crippen LogP contribution is 2.15. The molecule has 0 aromatic heterocycles. The normalized spacial score (nSPS) is 10.1. The molecule has 0 bridgehead atoms. The highest BCUT2D eigenvalue weighted by atomic mass is 35.5. The lowest BCUT2D eigenvalue weighted by Crippen LogP contribution is -2.22. The molecule has 1 amide bonds. The van der Waals surface area contributed by atoms with Crippen LogP contribution in [0.5, 0.6) is 0 Å². The van der Waals surface area contributed by atoms with E-state index in [4.69, 9.17) is 23.2 Å². The number of carbonyl (C=O) groups is 1. The molecule has 0 fully saturated rings. The third-order valence-electron chi connectivity index (χ3n) is 1.80. The minimum absolute atomic E-state index is 0.0547. The average molecular weight is 250 g/mol. The molecule has 1 aromatic rings. The molecule has 0 aliphatic heterocycles. The van der Waals surface area contributed by atoms with E-state index in [0.717, 1.165) is 5.56 Å². The summed E-state index contributed by atoms with van der Waals surface area (Å²) >= 11 is 11.0. The zero-order valence-electron chi connectivity index (χ0n) is 7.90. The molecule has 0 unspecified atom stereocenters. The van der Waals surface area contributed by atoms with E-state index in [-0.39, 0.29) is 23.2 Å². The summed E-state index contributed by atoms with van der Waals surface area (Å²) in [6.07, 6.45) is 0.274. The van der Waals surface area contributed by atoms with Gasteiger partial charge in [0.15, 0.2) is 0 Å². The van der Waals surface area contributed by atoms with Crippen molar-refractivity contribution in [3.8, 4) is 0 Å². The molecule has 0 aliphatic rings. The van der Waals surface area contributed by atoms with Gasteiger partial charge in [-0.1, -0.05) is 17.7 Å². The average Bonchev–Trinajstić information content (AvgIpc) is 2.20. The smallest absolute Gasteiger partial charge is 0.221 e. The van der Waals surface area contributed by atoms with Gasteiger partial charge in [0.05, 0.1) is 5.02 Å². The molecule has 0 radical (unpaired) electrons. The third kappa shape index (κ3) is 4.06. The van der Waals surface area contributed by atoms with Crippen LogP contribution in [-0.2, 0) is 11.3 Å². The van der Waals surface area contributed by atoms with Gasteiger partial charge in [-0.25, -0.2) is 4.39 Å². The molecule has 5 heteroatoms. The SMILES string of the molecule is O=C(CCCl)NCc1ccc(F)c(Cl)c1. The van der Waals surface area contributed by atoms with Crippen molar-refractivity contribution in [1.82, 2.24) is 5.32 Å². The molecule has 15 heavy (non-hydrogen) atoms. The van der Waals surface area contributed by atoms with Gasteiger partial charge in [0.2, 0.25) is 5.91 Å². The second-order valence-corrected chi connectivity index (χ2v) is 3.75. The first-order chi connectivity index (χ1) is 7.13. The summed E-state index contributed by atoms with van der Waals surface area (Å²) in [4.78, 5) is 11.1. The molecule has 0 saturated carbocycles. The molecule has 1 aromatic carbocycles. The van der Waals surface area contributed by atoms with Crippen LogP contribution in [0.4, 0.5) is 4.39 Å². The molecule has 2 nitrogen and oxygen atoms in total. The number of hydrogen-bond donors (Lipinski definition) is 1. The lowest BCUT2D eigenvalue weighted by atomic mass is 10.2. The van der Waals surface area contributed by atoms with Crippen LogP contribution in [0.1, 0.15) is 12.0 Å².